The summed E-state index contributed by atoms with van der Waals surface area (Å²) in [6, 6.07) is 3.95. The highest BCUT2D eigenvalue weighted by Crippen LogP contribution is 2.19. The van der Waals surface area contributed by atoms with Gasteiger partial charge in [-0.25, -0.2) is 0 Å². The summed E-state index contributed by atoms with van der Waals surface area (Å²) in [5.41, 5.74) is 0. The van der Waals surface area contributed by atoms with E-state index in [-0.39, 0.29) is 18.1 Å². The van der Waals surface area contributed by atoms with Crippen molar-refractivity contribution in [3.8, 4) is 0 Å². The predicted octanol–water partition coefficient (Wildman–Crippen LogP) is 2.49. The molecule has 0 bridgehead atoms. The zero-order chi connectivity index (χ0) is 13.0. The molecule has 2 unspecified atom stereocenters. The van der Waals surface area contributed by atoms with E-state index >= 15 is 0 Å². The van der Waals surface area contributed by atoms with Gasteiger partial charge in [-0.2, -0.15) is 0 Å². The fourth-order valence-corrected chi connectivity index (χ4v) is 2.99. The standard InChI is InChI=1S/C14H19NO2S/c1-10-6-7-11(18-10)8-9-14(17)15-12-4-2-3-5-13(12)16/h6-9,12-13,16H,2-5H2,1H3,(H,15,17)/b9-8+. The van der Waals surface area contributed by atoms with Gasteiger partial charge in [-0.05, 0) is 38.0 Å². The molecule has 1 aromatic heterocycles. The second-order valence-electron chi connectivity index (χ2n) is 4.75. The van der Waals surface area contributed by atoms with Crippen molar-refractivity contribution in [3.05, 3.63) is 28.0 Å². The van der Waals surface area contributed by atoms with Crippen molar-refractivity contribution in [1.29, 1.82) is 0 Å². The van der Waals surface area contributed by atoms with E-state index in [0.717, 1.165) is 30.6 Å². The van der Waals surface area contributed by atoms with Gasteiger partial charge < -0.3 is 10.4 Å². The van der Waals surface area contributed by atoms with Crippen LogP contribution in [-0.2, 0) is 4.79 Å². The number of nitrogens with one attached hydrogen (secondary N) is 1. The van der Waals surface area contributed by atoms with Crippen LogP contribution in [0.3, 0.4) is 0 Å². The van der Waals surface area contributed by atoms with E-state index in [0.29, 0.717) is 0 Å². The quantitative estimate of drug-likeness (QED) is 0.825. The first-order valence-corrected chi connectivity index (χ1v) is 7.20. The first kappa shape index (κ1) is 13.3. The number of hydrogen-bond donors (Lipinski definition) is 2. The molecule has 0 aromatic carbocycles. The Kier molecular flexibility index (Phi) is 4.55. The molecule has 0 radical (unpaired) electrons. The number of carbonyl (C=O) groups is 1. The fourth-order valence-electron chi connectivity index (χ4n) is 2.21. The summed E-state index contributed by atoms with van der Waals surface area (Å²) >= 11 is 1.66. The summed E-state index contributed by atoms with van der Waals surface area (Å²) in [5, 5.41) is 12.6. The summed E-state index contributed by atoms with van der Waals surface area (Å²) in [6.07, 6.45) is 6.78. The monoisotopic (exact) mass is 265 g/mol. The van der Waals surface area contributed by atoms with Crippen molar-refractivity contribution < 1.29 is 9.90 Å². The number of aliphatic hydroxyl groups is 1. The van der Waals surface area contributed by atoms with Crippen molar-refractivity contribution in [2.75, 3.05) is 0 Å². The summed E-state index contributed by atoms with van der Waals surface area (Å²) in [6.45, 7) is 2.04. The van der Waals surface area contributed by atoms with Crippen LogP contribution < -0.4 is 5.32 Å². The van der Waals surface area contributed by atoms with E-state index in [4.69, 9.17) is 0 Å². The van der Waals surface area contributed by atoms with Crippen molar-refractivity contribution in [3.63, 3.8) is 0 Å². The normalized spacial score (nSPS) is 24.3. The van der Waals surface area contributed by atoms with E-state index < -0.39 is 0 Å². The first-order valence-electron chi connectivity index (χ1n) is 6.38. The van der Waals surface area contributed by atoms with E-state index in [2.05, 4.69) is 5.32 Å². The minimum absolute atomic E-state index is 0.0824. The van der Waals surface area contributed by atoms with Crippen LogP contribution in [0.15, 0.2) is 18.2 Å². The summed E-state index contributed by atoms with van der Waals surface area (Å²) in [4.78, 5) is 14.0. The van der Waals surface area contributed by atoms with Gasteiger partial charge in [-0.3, -0.25) is 4.79 Å². The lowest BCUT2D eigenvalue weighted by Crippen LogP contribution is -2.44. The first-order chi connectivity index (χ1) is 8.65. The molecule has 1 heterocycles. The molecule has 1 aliphatic rings. The van der Waals surface area contributed by atoms with Crippen molar-refractivity contribution in [2.45, 2.75) is 44.8 Å². The molecule has 2 atom stereocenters. The SMILES string of the molecule is Cc1ccc(/C=C/C(=O)NC2CCCCC2O)s1. The van der Waals surface area contributed by atoms with Gasteiger partial charge in [0.2, 0.25) is 5.91 Å². The Morgan fingerprint density at radius 2 is 2.22 bits per heavy atom. The lowest BCUT2D eigenvalue weighted by Gasteiger charge is -2.27. The zero-order valence-corrected chi connectivity index (χ0v) is 11.4. The van der Waals surface area contributed by atoms with Crippen molar-refractivity contribution in [2.24, 2.45) is 0 Å². The molecular weight excluding hydrogens is 246 g/mol. The van der Waals surface area contributed by atoms with E-state index in [1.165, 1.54) is 4.88 Å². The van der Waals surface area contributed by atoms with Crippen LogP contribution in [0, 0.1) is 6.92 Å². The molecule has 1 fully saturated rings. The largest absolute Gasteiger partial charge is 0.391 e. The number of aliphatic hydroxyl groups excluding tert-OH is 1. The molecular formula is C14H19NO2S. The second kappa shape index (κ2) is 6.16. The topological polar surface area (TPSA) is 49.3 Å². The molecule has 0 spiro atoms. The molecule has 1 aliphatic carbocycles. The van der Waals surface area contributed by atoms with Crippen LogP contribution >= 0.6 is 11.3 Å². The Morgan fingerprint density at radius 3 is 2.89 bits per heavy atom. The van der Waals surface area contributed by atoms with Gasteiger partial charge >= 0.3 is 0 Å². The Balaban J connectivity index is 1.86. The van der Waals surface area contributed by atoms with Gasteiger partial charge in [0.05, 0.1) is 12.1 Å². The van der Waals surface area contributed by atoms with Gasteiger partial charge in [0.15, 0.2) is 0 Å². The van der Waals surface area contributed by atoms with Gasteiger partial charge in [-0.15, -0.1) is 11.3 Å². The number of rotatable bonds is 3. The number of thiophene rings is 1. The van der Waals surface area contributed by atoms with Gasteiger partial charge in [0, 0.05) is 15.8 Å². The third-order valence-corrected chi connectivity index (χ3v) is 4.18. The van der Waals surface area contributed by atoms with Crippen LogP contribution in [-0.4, -0.2) is 23.2 Å². The zero-order valence-electron chi connectivity index (χ0n) is 10.6. The second-order valence-corrected chi connectivity index (χ2v) is 6.07. The van der Waals surface area contributed by atoms with Crippen LogP contribution in [0.4, 0.5) is 0 Å². The fraction of sp³-hybridized carbons (Fsp3) is 0.500. The summed E-state index contributed by atoms with van der Waals surface area (Å²) in [5.74, 6) is -0.119. The predicted molar refractivity (Wildman–Crippen MR) is 74.5 cm³/mol. The number of amides is 1. The van der Waals surface area contributed by atoms with Crippen LogP contribution in [0.5, 0.6) is 0 Å². The molecule has 0 aliphatic heterocycles. The lowest BCUT2D eigenvalue weighted by atomic mass is 9.92. The smallest absolute Gasteiger partial charge is 0.244 e. The Labute approximate surface area is 112 Å². The molecule has 0 saturated heterocycles. The maximum absolute atomic E-state index is 11.7. The van der Waals surface area contributed by atoms with E-state index in [1.807, 2.05) is 25.1 Å². The minimum atomic E-state index is -0.389. The molecule has 1 saturated carbocycles. The summed E-state index contributed by atoms with van der Waals surface area (Å²) in [7, 11) is 0. The Hall–Kier alpha value is -1.13. The van der Waals surface area contributed by atoms with Crippen molar-refractivity contribution in [1.82, 2.24) is 5.32 Å². The maximum atomic E-state index is 11.7. The van der Waals surface area contributed by atoms with Gasteiger partial charge in [-0.1, -0.05) is 12.8 Å². The Morgan fingerprint density at radius 1 is 1.44 bits per heavy atom. The Bertz CT molecular complexity index is 439. The number of hydrogen-bond acceptors (Lipinski definition) is 3. The molecule has 4 heteroatoms. The number of carbonyl (C=O) groups excluding carboxylic acids is 1. The van der Waals surface area contributed by atoms with E-state index in [9.17, 15) is 9.90 Å². The maximum Gasteiger partial charge on any atom is 0.244 e. The van der Waals surface area contributed by atoms with Crippen LogP contribution in [0.2, 0.25) is 0 Å². The highest BCUT2D eigenvalue weighted by molar-refractivity contribution is 7.12. The highest BCUT2D eigenvalue weighted by atomic mass is 32.1. The molecule has 2 rings (SSSR count). The third-order valence-electron chi connectivity index (χ3n) is 3.22. The average Bonchev–Trinajstić information content (AvgIpc) is 2.76. The van der Waals surface area contributed by atoms with Crippen molar-refractivity contribution >= 4 is 23.3 Å². The lowest BCUT2D eigenvalue weighted by molar-refractivity contribution is -0.118. The summed E-state index contributed by atoms with van der Waals surface area (Å²) < 4.78 is 0. The molecule has 1 aromatic rings. The van der Waals surface area contributed by atoms with Gasteiger partial charge in [0.25, 0.3) is 0 Å². The van der Waals surface area contributed by atoms with E-state index in [1.54, 1.807) is 17.4 Å². The van der Waals surface area contributed by atoms with Crippen LogP contribution in [0.1, 0.15) is 35.4 Å². The molecule has 2 N–H and O–H groups in total. The average molecular weight is 265 g/mol. The highest BCUT2D eigenvalue weighted by Gasteiger charge is 2.23. The molecule has 3 nitrogen and oxygen atoms in total. The van der Waals surface area contributed by atoms with Gasteiger partial charge in [0.1, 0.15) is 0 Å². The number of aryl methyl sites for hydroxylation is 1. The van der Waals surface area contributed by atoms with Crippen LogP contribution in [0.25, 0.3) is 6.08 Å². The molecule has 98 valence electrons. The minimum Gasteiger partial charge on any atom is -0.391 e. The molecule has 18 heavy (non-hydrogen) atoms. The third kappa shape index (κ3) is 3.68. The molecule has 1 amide bonds.